The van der Waals surface area contributed by atoms with E-state index in [-0.39, 0.29) is 18.0 Å². The van der Waals surface area contributed by atoms with E-state index in [1.807, 2.05) is 50.2 Å². The standard InChI is InChI=1S/C34H32ClNO5/c1-5-41-32(39)30-27(31(38)24-13-8-21(3)9-14-24)18-25(15-12-23-10-6-20(2)7-11-23)34(30)28-17-16-26(35)19-29(28)36(22(4)37)33(34)40/h6-11,13-14,16-19,25,30H,5,12,15H2,1-4H3/t25-,30+,34-/m0/s1. The molecule has 3 atom stereocenters. The average molecular weight is 570 g/mol. The summed E-state index contributed by atoms with van der Waals surface area (Å²) in [5.41, 5.74) is 3.10. The highest BCUT2D eigenvalue weighted by Gasteiger charge is 2.66. The minimum atomic E-state index is -1.54. The molecule has 1 aliphatic carbocycles. The summed E-state index contributed by atoms with van der Waals surface area (Å²) < 4.78 is 5.54. The number of nitrogens with zero attached hydrogens (tertiary/aromatic N) is 1. The van der Waals surface area contributed by atoms with Gasteiger partial charge in [0, 0.05) is 23.1 Å². The van der Waals surface area contributed by atoms with Crippen molar-refractivity contribution >= 4 is 40.9 Å². The molecule has 0 radical (unpaired) electrons. The van der Waals surface area contributed by atoms with Gasteiger partial charge in [0.25, 0.3) is 0 Å². The molecule has 2 amide bonds. The van der Waals surface area contributed by atoms with Gasteiger partial charge < -0.3 is 4.74 Å². The summed E-state index contributed by atoms with van der Waals surface area (Å²) in [7, 11) is 0. The molecule has 6 nitrogen and oxygen atoms in total. The van der Waals surface area contributed by atoms with Crippen LogP contribution >= 0.6 is 11.6 Å². The highest BCUT2D eigenvalue weighted by atomic mass is 35.5. The molecule has 0 N–H and O–H groups in total. The molecule has 3 aromatic carbocycles. The zero-order chi connectivity index (χ0) is 29.5. The van der Waals surface area contributed by atoms with Crippen LogP contribution in [0.1, 0.15) is 52.9 Å². The number of ether oxygens (including phenoxy) is 1. The third kappa shape index (κ3) is 4.80. The van der Waals surface area contributed by atoms with Crippen LogP contribution in [0.2, 0.25) is 5.02 Å². The van der Waals surface area contributed by atoms with Crippen molar-refractivity contribution in [3.05, 3.63) is 111 Å². The van der Waals surface area contributed by atoms with Gasteiger partial charge in [-0.1, -0.05) is 83.4 Å². The van der Waals surface area contributed by atoms with Gasteiger partial charge in [-0.05, 0) is 62.8 Å². The predicted octanol–water partition coefficient (Wildman–Crippen LogP) is 6.34. The zero-order valence-electron chi connectivity index (χ0n) is 23.6. The van der Waals surface area contributed by atoms with Crippen LogP contribution < -0.4 is 4.90 Å². The van der Waals surface area contributed by atoms with Gasteiger partial charge in [-0.2, -0.15) is 0 Å². The van der Waals surface area contributed by atoms with Crippen molar-refractivity contribution < 1.29 is 23.9 Å². The summed E-state index contributed by atoms with van der Waals surface area (Å²) in [6, 6.07) is 20.2. The fourth-order valence-electron chi connectivity index (χ4n) is 6.31. The van der Waals surface area contributed by atoms with Crippen molar-refractivity contribution in [2.75, 3.05) is 11.5 Å². The number of hydrogen-bond acceptors (Lipinski definition) is 5. The van der Waals surface area contributed by atoms with E-state index in [0.717, 1.165) is 21.6 Å². The predicted molar refractivity (Wildman–Crippen MR) is 158 cm³/mol. The molecule has 1 spiro atoms. The molecule has 5 rings (SSSR count). The van der Waals surface area contributed by atoms with Gasteiger partial charge in [0.05, 0.1) is 12.3 Å². The summed E-state index contributed by atoms with van der Waals surface area (Å²) in [4.78, 5) is 56.5. The number of allylic oxidation sites excluding steroid dienone is 1. The number of benzene rings is 3. The largest absolute Gasteiger partial charge is 0.465 e. The molecule has 0 fully saturated rings. The lowest BCUT2D eigenvalue weighted by atomic mass is 9.64. The Morgan fingerprint density at radius 1 is 0.951 bits per heavy atom. The van der Waals surface area contributed by atoms with Crippen LogP contribution in [0, 0.1) is 25.7 Å². The second-order valence-electron chi connectivity index (χ2n) is 10.8. The highest BCUT2D eigenvalue weighted by molar-refractivity contribution is 6.32. The number of fused-ring (bicyclic) bond motifs is 2. The zero-order valence-corrected chi connectivity index (χ0v) is 24.3. The maximum Gasteiger partial charge on any atom is 0.315 e. The fraction of sp³-hybridized carbons (Fsp3) is 0.294. The van der Waals surface area contributed by atoms with E-state index in [2.05, 4.69) is 0 Å². The Hall–Kier alpha value is -4.03. The van der Waals surface area contributed by atoms with Crippen LogP contribution in [0.15, 0.2) is 78.4 Å². The van der Waals surface area contributed by atoms with Gasteiger partial charge in [-0.25, -0.2) is 4.90 Å². The van der Waals surface area contributed by atoms with Crippen molar-refractivity contribution in [3.63, 3.8) is 0 Å². The molecule has 0 saturated carbocycles. The summed E-state index contributed by atoms with van der Waals surface area (Å²) >= 11 is 6.34. The van der Waals surface area contributed by atoms with Crippen LogP contribution in [0.5, 0.6) is 0 Å². The van der Waals surface area contributed by atoms with Crippen LogP contribution in [0.4, 0.5) is 5.69 Å². The van der Waals surface area contributed by atoms with Gasteiger partial charge in [-0.3, -0.25) is 19.2 Å². The van der Waals surface area contributed by atoms with Crippen LogP contribution in [-0.2, 0) is 31.0 Å². The number of esters is 1. The van der Waals surface area contributed by atoms with Gasteiger partial charge in [0.15, 0.2) is 5.78 Å². The van der Waals surface area contributed by atoms with E-state index in [9.17, 15) is 19.2 Å². The Balaban J connectivity index is 1.72. The molecule has 3 aromatic rings. The highest BCUT2D eigenvalue weighted by Crippen LogP contribution is 2.59. The molecule has 0 bridgehead atoms. The number of amides is 2. The average Bonchev–Trinajstić information content (AvgIpc) is 3.41. The lowest BCUT2D eigenvalue weighted by Crippen LogP contribution is -2.52. The smallest absolute Gasteiger partial charge is 0.315 e. The number of halogens is 1. The third-order valence-corrected chi connectivity index (χ3v) is 8.45. The first-order valence-corrected chi connectivity index (χ1v) is 14.2. The topological polar surface area (TPSA) is 80.8 Å². The molecule has 1 heterocycles. The lowest BCUT2D eigenvalue weighted by molar-refractivity contribution is -0.152. The Bertz CT molecular complexity index is 1570. The Morgan fingerprint density at radius 3 is 2.20 bits per heavy atom. The molecule has 0 aromatic heterocycles. The number of rotatable bonds is 7. The number of Topliss-reactive ketones (excluding diaryl/α,β-unsaturated/α-hetero) is 1. The van der Waals surface area contributed by atoms with Gasteiger partial charge in [0.2, 0.25) is 11.8 Å². The molecule has 0 saturated heterocycles. The third-order valence-electron chi connectivity index (χ3n) is 8.21. The maximum absolute atomic E-state index is 14.6. The second-order valence-corrected chi connectivity index (χ2v) is 11.3. The second kappa shape index (κ2) is 11.1. The quantitative estimate of drug-likeness (QED) is 0.245. The van der Waals surface area contributed by atoms with E-state index in [1.54, 1.807) is 43.3 Å². The summed E-state index contributed by atoms with van der Waals surface area (Å²) in [6.07, 6.45) is 2.84. The number of anilines is 1. The van der Waals surface area contributed by atoms with Gasteiger partial charge in [-0.15, -0.1) is 0 Å². The Kier molecular flexibility index (Phi) is 7.71. The van der Waals surface area contributed by atoms with Gasteiger partial charge >= 0.3 is 5.97 Å². The van der Waals surface area contributed by atoms with Crippen molar-refractivity contribution in [1.29, 1.82) is 0 Å². The monoisotopic (exact) mass is 569 g/mol. The number of carbonyl (C=O) groups excluding carboxylic acids is 4. The number of ketones is 1. The number of imide groups is 1. The van der Waals surface area contributed by atoms with Crippen LogP contribution in [-0.4, -0.2) is 30.2 Å². The molecule has 0 unspecified atom stereocenters. The van der Waals surface area contributed by atoms with Gasteiger partial charge in [0.1, 0.15) is 11.3 Å². The molecule has 210 valence electrons. The van der Waals surface area contributed by atoms with Crippen molar-refractivity contribution in [2.45, 2.75) is 46.0 Å². The summed E-state index contributed by atoms with van der Waals surface area (Å²) in [5.74, 6) is -3.86. The maximum atomic E-state index is 14.6. The molecular weight excluding hydrogens is 538 g/mol. The van der Waals surface area contributed by atoms with E-state index in [0.29, 0.717) is 34.7 Å². The Morgan fingerprint density at radius 2 is 1.59 bits per heavy atom. The summed E-state index contributed by atoms with van der Waals surface area (Å²) in [5, 5.41) is 0.352. The summed E-state index contributed by atoms with van der Waals surface area (Å²) in [6.45, 7) is 7.01. The Labute approximate surface area is 245 Å². The van der Waals surface area contributed by atoms with E-state index in [4.69, 9.17) is 16.3 Å². The minimum absolute atomic E-state index is 0.0730. The van der Waals surface area contributed by atoms with Crippen molar-refractivity contribution in [2.24, 2.45) is 11.8 Å². The molecule has 41 heavy (non-hydrogen) atoms. The van der Waals surface area contributed by atoms with E-state index >= 15 is 0 Å². The number of carbonyl (C=O) groups is 4. The van der Waals surface area contributed by atoms with Crippen molar-refractivity contribution in [1.82, 2.24) is 0 Å². The van der Waals surface area contributed by atoms with E-state index in [1.165, 1.54) is 6.92 Å². The minimum Gasteiger partial charge on any atom is -0.465 e. The molecule has 7 heteroatoms. The molecule has 1 aliphatic heterocycles. The van der Waals surface area contributed by atoms with Crippen molar-refractivity contribution in [3.8, 4) is 0 Å². The first kappa shape index (κ1) is 28.5. The SMILES string of the molecule is CCOC(=O)[C@H]1C(C(=O)c2ccc(C)cc2)=C[C@H](CCc2ccc(C)cc2)[C@@]12C(=O)N(C(C)=O)c1cc(Cl)ccc12. The lowest BCUT2D eigenvalue weighted by Gasteiger charge is -2.35. The molecule has 2 aliphatic rings. The van der Waals surface area contributed by atoms with E-state index < -0.39 is 35.0 Å². The number of hydrogen-bond donors (Lipinski definition) is 0. The number of aryl methyl sites for hydroxylation is 3. The first-order valence-electron chi connectivity index (χ1n) is 13.8. The normalized spacial score (nSPS) is 21.1. The molecular formula is C34H32ClNO5. The fourth-order valence-corrected chi connectivity index (χ4v) is 6.47. The van der Waals surface area contributed by atoms with Crippen LogP contribution in [0.25, 0.3) is 0 Å². The van der Waals surface area contributed by atoms with Crippen LogP contribution in [0.3, 0.4) is 0 Å². The first-order chi connectivity index (χ1) is 19.6.